The van der Waals surface area contributed by atoms with Gasteiger partial charge in [-0.25, -0.2) is 13.9 Å². The molecule has 32 heavy (non-hydrogen) atoms. The van der Waals surface area contributed by atoms with Gasteiger partial charge in [0.2, 0.25) is 11.7 Å². The highest BCUT2D eigenvalue weighted by Crippen LogP contribution is 2.19. The number of carbonyl (C=O) groups excluding carboxylic acids is 2. The lowest BCUT2D eigenvalue weighted by Gasteiger charge is -2.31. The van der Waals surface area contributed by atoms with E-state index >= 15 is 0 Å². The maximum absolute atomic E-state index is 13.2. The minimum absolute atomic E-state index is 0.170. The highest BCUT2D eigenvalue weighted by atomic mass is 32.1. The number of hydrogen-bond acceptors (Lipinski definition) is 7. The standard InChI is InChI=1S/C21H27N5O5S/c1-4-31-19(29)14-6-5-8-23(11-14)16(27)12-25-21(30)26-15-7-9-32-17(15)18(28)24(10-13(2)3)20(26)22-25/h7,9,13-14H,4-6,8,10-12H2,1-3H3. The summed E-state index contributed by atoms with van der Waals surface area (Å²) >= 11 is 1.28. The lowest BCUT2D eigenvalue weighted by atomic mass is 9.98. The van der Waals surface area contributed by atoms with Crippen LogP contribution >= 0.6 is 11.3 Å². The van der Waals surface area contributed by atoms with E-state index in [4.69, 9.17) is 4.74 Å². The average Bonchev–Trinajstić information content (AvgIpc) is 3.36. The van der Waals surface area contributed by atoms with Crippen LogP contribution in [0.15, 0.2) is 21.0 Å². The number of thiophene rings is 1. The van der Waals surface area contributed by atoms with Crippen LogP contribution in [0.2, 0.25) is 0 Å². The summed E-state index contributed by atoms with van der Waals surface area (Å²) in [6, 6.07) is 1.72. The molecule has 1 atom stereocenters. The lowest BCUT2D eigenvalue weighted by molar-refractivity contribution is -0.151. The third kappa shape index (κ3) is 3.96. The Labute approximate surface area is 188 Å². The highest BCUT2D eigenvalue weighted by molar-refractivity contribution is 7.17. The van der Waals surface area contributed by atoms with Gasteiger partial charge in [-0.1, -0.05) is 13.8 Å². The van der Waals surface area contributed by atoms with E-state index in [2.05, 4.69) is 5.10 Å². The van der Waals surface area contributed by atoms with E-state index in [1.807, 2.05) is 13.8 Å². The molecule has 4 rings (SSSR count). The first-order valence-corrected chi connectivity index (χ1v) is 11.7. The fraction of sp³-hybridized carbons (Fsp3) is 0.571. The quantitative estimate of drug-likeness (QED) is 0.513. The monoisotopic (exact) mass is 461 g/mol. The summed E-state index contributed by atoms with van der Waals surface area (Å²) in [5.74, 6) is -0.539. The van der Waals surface area contributed by atoms with Crippen LogP contribution < -0.4 is 11.2 Å². The molecule has 1 fully saturated rings. The number of nitrogens with zero attached hydrogens (tertiary/aromatic N) is 5. The molecule has 0 saturated carbocycles. The summed E-state index contributed by atoms with van der Waals surface area (Å²) in [4.78, 5) is 52.8. The van der Waals surface area contributed by atoms with Gasteiger partial charge in [0.25, 0.3) is 5.56 Å². The zero-order valence-electron chi connectivity index (χ0n) is 18.4. The van der Waals surface area contributed by atoms with Crippen molar-refractivity contribution in [3.8, 4) is 0 Å². The van der Waals surface area contributed by atoms with Crippen molar-refractivity contribution in [2.75, 3.05) is 19.7 Å². The van der Waals surface area contributed by atoms with Crippen LogP contribution in [0, 0.1) is 11.8 Å². The molecule has 10 nitrogen and oxygen atoms in total. The number of hydrogen-bond donors (Lipinski definition) is 0. The topological polar surface area (TPSA) is 108 Å². The highest BCUT2D eigenvalue weighted by Gasteiger charge is 2.30. The number of piperidine rings is 1. The minimum Gasteiger partial charge on any atom is -0.466 e. The van der Waals surface area contributed by atoms with Gasteiger partial charge in [-0.15, -0.1) is 16.4 Å². The van der Waals surface area contributed by atoms with E-state index in [1.54, 1.807) is 23.3 Å². The van der Waals surface area contributed by atoms with Crippen molar-refractivity contribution in [3.05, 3.63) is 32.3 Å². The molecule has 1 amide bonds. The van der Waals surface area contributed by atoms with Crippen molar-refractivity contribution in [1.82, 2.24) is 23.6 Å². The number of carbonyl (C=O) groups is 2. The number of amides is 1. The average molecular weight is 462 g/mol. The summed E-state index contributed by atoms with van der Waals surface area (Å²) < 4.78 is 9.60. The Morgan fingerprint density at radius 2 is 2.09 bits per heavy atom. The van der Waals surface area contributed by atoms with E-state index in [0.717, 1.165) is 4.68 Å². The fourth-order valence-electron chi connectivity index (χ4n) is 4.15. The van der Waals surface area contributed by atoms with E-state index in [0.29, 0.717) is 42.8 Å². The normalized spacial score (nSPS) is 16.9. The third-order valence-electron chi connectivity index (χ3n) is 5.62. The number of aromatic nitrogens is 4. The van der Waals surface area contributed by atoms with Gasteiger partial charge < -0.3 is 9.64 Å². The maximum atomic E-state index is 13.2. The van der Waals surface area contributed by atoms with Crippen LogP contribution in [0.1, 0.15) is 33.6 Å². The van der Waals surface area contributed by atoms with Gasteiger partial charge in [-0.2, -0.15) is 0 Å². The maximum Gasteiger partial charge on any atom is 0.352 e. The lowest BCUT2D eigenvalue weighted by Crippen LogP contribution is -2.45. The molecule has 0 N–H and O–H groups in total. The summed E-state index contributed by atoms with van der Waals surface area (Å²) in [6.45, 7) is 6.96. The molecule has 3 aromatic heterocycles. The molecule has 1 aliphatic heterocycles. The zero-order chi connectivity index (χ0) is 23.0. The van der Waals surface area contributed by atoms with Crippen LogP contribution in [0.4, 0.5) is 0 Å². The molecule has 0 radical (unpaired) electrons. The van der Waals surface area contributed by atoms with Crippen molar-refractivity contribution >= 4 is 39.2 Å². The second-order valence-corrected chi connectivity index (χ2v) is 9.37. The van der Waals surface area contributed by atoms with E-state index in [-0.39, 0.29) is 48.1 Å². The first-order chi connectivity index (χ1) is 15.3. The largest absolute Gasteiger partial charge is 0.466 e. The molecule has 3 aromatic rings. The number of ether oxygens (including phenoxy) is 1. The molecule has 1 aliphatic rings. The predicted molar refractivity (Wildman–Crippen MR) is 120 cm³/mol. The first-order valence-electron chi connectivity index (χ1n) is 10.9. The van der Waals surface area contributed by atoms with Crippen LogP contribution in [0.5, 0.6) is 0 Å². The SMILES string of the molecule is CCOC(=O)C1CCCN(C(=O)Cn2nc3n(CC(C)C)c(=O)c4sccc4n3c2=O)C1. The van der Waals surface area contributed by atoms with Gasteiger partial charge in [-0.05, 0) is 37.1 Å². The molecule has 0 spiro atoms. The Morgan fingerprint density at radius 1 is 1.31 bits per heavy atom. The molecule has 1 saturated heterocycles. The van der Waals surface area contributed by atoms with Gasteiger partial charge >= 0.3 is 11.7 Å². The van der Waals surface area contributed by atoms with Gasteiger partial charge in [0, 0.05) is 19.6 Å². The molecule has 0 aliphatic carbocycles. The van der Waals surface area contributed by atoms with Gasteiger partial charge in [-0.3, -0.25) is 19.0 Å². The molecule has 11 heteroatoms. The molecule has 1 unspecified atom stereocenters. The molecule has 0 aromatic carbocycles. The minimum atomic E-state index is -0.465. The van der Waals surface area contributed by atoms with Crippen LogP contribution in [0.25, 0.3) is 16.0 Å². The van der Waals surface area contributed by atoms with Gasteiger partial charge in [0.1, 0.15) is 11.2 Å². The summed E-state index contributed by atoms with van der Waals surface area (Å²) in [6.07, 6.45) is 1.37. The smallest absolute Gasteiger partial charge is 0.352 e. The Hall–Kier alpha value is -2.95. The van der Waals surface area contributed by atoms with Crippen molar-refractivity contribution in [3.63, 3.8) is 0 Å². The van der Waals surface area contributed by atoms with Gasteiger partial charge in [0.05, 0.1) is 18.0 Å². The van der Waals surface area contributed by atoms with Crippen LogP contribution in [0.3, 0.4) is 0 Å². The predicted octanol–water partition coefficient (Wildman–Crippen LogP) is 1.33. The van der Waals surface area contributed by atoms with Crippen LogP contribution in [-0.2, 0) is 27.4 Å². The summed E-state index contributed by atoms with van der Waals surface area (Å²) in [7, 11) is 0. The van der Waals surface area contributed by atoms with Crippen molar-refractivity contribution in [2.45, 2.75) is 46.7 Å². The first kappa shape index (κ1) is 22.3. The van der Waals surface area contributed by atoms with E-state index in [1.165, 1.54) is 20.3 Å². The molecule has 172 valence electrons. The molecular formula is C21H27N5O5S. The summed E-state index contributed by atoms with van der Waals surface area (Å²) in [5, 5.41) is 6.14. The second kappa shape index (κ2) is 8.89. The third-order valence-corrected chi connectivity index (χ3v) is 6.51. The Kier molecular flexibility index (Phi) is 6.18. The Balaban J connectivity index is 1.67. The van der Waals surface area contributed by atoms with E-state index < -0.39 is 5.69 Å². The molecule has 4 heterocycles. The van der Waals surface area contributed by atoms with E-state index in [9.17, 15) is 19.2 Å². The number of rotatable bonds is 6. The second-order valence-electron chi connectivity index (χ2n) is 8.45. The zero-order valence-corrected chi connectivity index (χ0v) is 19.3. The van der Waals surface area contributed by atoms with Gasteiger partial charge in [0.15, 0.2) is 0 Å². The van der Waals surface area contributed by atoms with Crippen molar-refractivity contribution < 1.29 is 14.3 Å². The Morgan fingerprint density at radius 3 is 2.81 bits per heavy atom. The number of likely N-dealkylation sites (tertiary alicyclic amines) is 1. The number of esters is 1. The van der Waals surface area contributed by atoms with Crippen LogP contribution in [-0.4, -0.2) is 55.2 Å². The fourth-order valence-corrected chi connectivity index (χ4v) is 4.98. The molecular weight excluding hydrogens is 434 g/mol. The molecule has 0 bridgehead atoms. The summed E-state index contributed by atoms with van der Waals surface area (Å²) in [5.41, 5.74) is -0.153. The number of fused-ring (bicyclic) bond motifs is 3. The van der Waals surface area contributed by atoms with Crippen molar-refractivity contribution in [1.29, 1.82) is 0 Å². The van der Waals surface area contributed by atoms with Crippen molar-refractivity contribution in [2.24, 2.45) is 11.8 Å². The Bertz CT molecular complexity index is 1280.